The molecule has 0 aromatic carbocycles. The van der Waals surface area contributed by atoms with Crippen molar-refractivity contribution in [2.24, 2.45) is 0 Å². The molecule has 0 atom stereocenters. The Balaban J connectivity index is 2.09. The Morgan fingerprint density at radius 1 is 1.47 bits per heavy atom. The third kappa shape index (κ3) is 3.36. The minimum absolute atomic E-state index is 0.0106. The van der Waals surface area contributed by atoms with Crippen LogP contribution in [0, 0.1) is 0 Å². The Kier molecular flexibility index (Phi) is 4.24. The van der Waals surface area contributed by atoms with Gasteiger partial charge in [0.2, 0.25) is 0 Å². The van der Waals surface area contributed by atoms with Gasteiger partial charge < -0.3 is 14.6 Å². The summed E-state index contributed by atoms with van der Waals surface area (Å²) in [5, 5.41) is 8.77. The normalized spacial score (nSPS) is 14.4. The highest BCUT2D eigenvalue weighted by Crippen LogP contribution is 2.28. The standard InChI is InChI=1S/C14H20N2O3/c1-2-8-15-9-3-4-12(15)14(19)16(11-5-6-11)10-7-13(17)18/h3-4,9,11H,2,5-8,10H2,1H3,(H,17,18). The molecule has 5 nitrogen and oxygen atoms in total. The first-order chi connectivity index (χ1) is 9.13. The Labute approximate surface area is 112 Å². The number of carbonyl (C=O) groups is 2. The number of aromatic nitrogens is 1. The molecule has 2 rings (SSSR count). The summed E-state index contributed by atoms with van der Waals surface area (Å²) in [4.78, 5) is 24.9. The van der Waals surface area contributed by atoms with Crippen LogP contribution in [-0.2, 0) is 11.3 Å². The highest BCUT2D eigenvalue weighted by molar-refractivity contribution is 5.93. The fourth-order valence-corrected chi connectivity index (χ4v) is 2.24. The van der Waals surface area contributed by atoms with E-state index in [9.17, 15) is 9.59 Å². The van der Waals surface area contributed by atoms with E-state index in [-0.39, 0.29) is 18.4 Å². The molecule has 0 spiro atoms. The lowest BCUT2D eigenvalue weighted by atomic mass is 10.3. The highest BCUT2D eigenvalue weighted by Gasteiger charge is 2.33. The van der Waals surface area contributed by atoms with Gasteiger partial charge in [-0.25, -0.2) is 0 Å². The number of hydrogen-bond donors (Lipinski definition) is 1. The van der Waals surface area contributed by atoms with Crippen molar-refractivity contribution in [1.29, 1.82) is 0 Å². The Morgan fingerprint density at radius 2 is 2.21 bits per heavy atom. The van der Waals surface area contributed by atoms with Crippen LogP contribution in [-0.4, -0.2) is 39.0 Å². The molecule has 1 aliphatic rings. The molecule has 0 bridgehead atoms. The Hall–Kier alpha value is -1.78. The van der Waals surface area contributed by atoms with Crippen LogP contribution < -0.4 is 0 Å². The lowest BCUT2D eigenvalue weighted by Crippen LogP contribution is -2.36. The second kappa shape index (κ2) is 5.91. The summed E-state index contributed by atoms with van der Waals surface area (Å²) in [5.41, 5.74) is 0.666. The molecule has 1 fully saturated rings. The van der Waals surface area contributed by atoms with Gasteiger partial charge in [-0.1, -0.05) is 6.92 Å². The van der Waals surface area contributed by atoms with Crippen LogP contribution in [0.4, 0.5) is 0 Å². The van der Waals surface area contributed by atoms with Crippen LogP contribution >= 0.6 is 0 Å². The number of aryl methyl sites for hydroxylation is 1. The maximum Gasteiger partial charge on any atom is 0.305 e. The summed E-state index contributed by atoms with van der Waals surface area (Å²) in [7, 11) is 0. The van der Waals surface area contributed by atoms with Gasteiger partial charge in [0.25, 0.3) is 5.91 Å². The molecule has 1 aromatic heterocycles. The number of amides is 1. The quantitative estimate of drug-likeness (QED) is 0.819. The number of aliphatic carboxylic acids is 1. The number of carboxylic acids is 1. The molecule has 5 heteroatoms. The van der Waals surface area contributed by atoms with Crippen molar-refractivity contribution in [2.45, 2.75) is 45.2 Å². The minimum Gasteiger partial charge on any atom is -0.481 e. The first-order valence-electron chi connectivity index (χ1n) is 6.81. The van der Waals surface area contributed by atoms with Crippen LogP contribution in [0.1, 0.15) is 43.1 Å². The molecule has 1 N–H and O–H groups in total. The van der Waals surface area contributed by atoms with E-state index in [0.717, 1.165) is 25.8 Å². The van der Waals surface area contributed by atoms with Gasteiger partial charge in [-0.2, -0.15) is 0 Å². The lowest BCUT2D eigenvalue weighted by Gasteiger charge is -2.22. The topological polar surface area (TPSA) is 62.5 Å². The van der Waals surface area contributed by atoms with Gasteiger partial charge in [-0.15, -0.1) is 0 Å². The first kappa shape index (κ1) is 13.6. The van der Waals surface area contributed by atoms with Gasteiger partial charge in [0.15, 0.2) is 0 Å². The second-order valence-corrected chi connectivity index (χ2v) is 4.96. The molecule has 0 aliphatic heterocycles. The number of carboxylic acid groups (broad SMARTS) is 1. The van der Waals surface area contributed by atoms with Crippen molar-refractivity contribution < 1.29 is 14.7 Å². The number of hydrogen-bond acceptors (Lipinski definition) is 2. The van der Waals surface area contributed by atoms with E-state index in [1.165, 1.54) is 0 Å². The summed E-state index contributed by atoms with van der Waals surface area (Å²) in [6.07, 6.45) is 4.85. The van der Waals surface area contributed by atoms with E-state index >= 15 is 0 Å². The predicted molar refractivity (Wildman–Crippen MR) is 71.0 cm³/mol. The molecule has 0 radical (unpaired) electrons. The molecular formula is C14H20N2O3. The summed E-state index contributed by atoms with van der Waals surface area (Å²) in [6, 6.07) is 3.91. The van der Waals surface area contributed by atoms with Gasteiger partial charge in [0.05, 0.1) is 6.42 Å². The van der Waals surface area contributed by atoms with Crippen molar-refractivity contribution in [3.05, 3.63) is 24.0 Å². The minimum atomic E-state index is -0.859. The Bertz CT molecular complexity index is 463. The van der Waals surface area contributed by atoms with Crippen molar-refractivity contribution in [3.8, 4) is 0 Å². The molecular weight excluding hydrogens is 244 g/mol. The van der Waals surface area contributed by atoms with Crippen LogP contribution in [0.3, 0.4) is 0 Å². The molecule has 1 saturated carbocycles. The van der Waals surface area contributed by atoms with Gasteiger partial charge in [-0.3, -0.25) is 9.59 Å². The lowest BCUT2D eigenvalue weighted by molar-refractivity contribution is -0.137. The van der Waals surface area contributed by atoms with E-state index in [4.69, 9.17) is 5.11 Å². The summed E-state index contributed by atoms with van der Waals surface area (Å²) in [6.45, 7) is 3.18. The molecule has 0 unspecified atom stereocenters. The molecule has 1 aromatic rings. The molecule has 1 aliphatic carbocycles. The van der Waals surface area contributed by atoms with Gasteiger partial charge in [0, 0.05) is 25.3 Å². The fourth-order valence-electron chi connectivity index (χ4n) is 2.24. The SMILES string of the molecule is CCCn1cccc1C(=O)N(CCC(=O)O)C1CC1. The predicted octanol–water partition coefficient (Wildman–Crippen LogP) is 1.98. The van der Waals surface area contributed by atoms with E-state index in [2.05, 4.69) is 6.92 Å². The zero-order chi connectivity index (χ0) is 13.8. The molecule has 1 amide bonds. The van der Waals surface area contributed by atoms with Gasteiger partial charge >= 0.3 is 5.97 Å². The van der Waals surface area contributed by atoms with Crippen LogP contribution in [0.15, 0.2) is 18.3 Å². The Morgan fingerprint density at radius 3 is 2.79 bits per heavy atom. The summed E-state index contributed by atoms with van der Waals surface area (Å²) in [5.74, 6) is -0.899. The molecule has 104 valence electrons. The van der Waals surface area contributed by atoms with Gasteiger partial charge in [0.1, 0.15) is 5.69 Å². The monoisotopic (exact) mass is 264 g/mol. The summed E-state index contributed by atoms with van der Waals surface area (Å²) < 4.78 is 1.94. The zero-order valence-electron chi connectivity index (χ0n) is 11.2. The van der Waals surface area contributed by atoms with Crippen LogP contribution in [0.25, 0.3) is 0 Å². The van der Waals surface area contributed by atoms with E-state index < -0.39 is 5.97 Å². The zero-order valence-corrected chi connectivity index (χ0v) is 11.2. The van der Waals surface area contributed by atoms with Crippen molar-refractivity contribution in [3.63, 3.8) is 0 Å². The van der Waals surface area contributed by atoms with E-state index in [0.29, 0.717) is 12.2 Å². The second-order valence-electron chi connectivity index (χ2n) is 4.96. The molecule has 19 heavy (non-hydrogen) atoms. The van der Waals surface area contributed by atoms with Crippen LogP contribution in [0.5, 0.6) is 0 Å². The average molecular weight is 264 g/mol. The maximum atomic E-state index is 12.5. The first-order valence-corrected chi connectivity index (χ1v) is 6.81. The van der Waals surface area contributed by atoms with E-state index in [1.54, 1.807) is 4.90 Å². The maximum absolute atomic E-state index is 12.5. The smallest absolute Gasteiger partial charge is 0.305 e. The van der Waals surface area contributed by atoms with Crippen molar-refractivity contribution >= 4 is 11.9 Å². The summed E-state index contributed by atoms with van der Waals surface area (Å²) >= 11 is 0. The van der Waals surface area contributed by atoms with Crippen molar-refractivity contribution in [2.75, 3.05) is 6.54 Å². The highest BCUT2D eigenvalue weighted by atomic mass is 16.4. The fraction of sp³-hybridized carbons (Fsp3) is 0.571. The molecule has 1 heterocycles. The van der Waals surface area contributed by atoms with Gasteiger partial charge in [-0.05, 0) is 31.4 Å². The number of nitrogens with zero attached hydrogens (tertiary/aromatic N) is 2. The van der Waals surface area contributed by atoms with E-state index in [1.807, 2.05) is 22.9 Å². The third-order valence-electron chi connectivity index (χ3n) is 3.33. The number of rotatable bonds is 7. The molecule has 0 saturated heterocycles. The van der Waals surface area contributed by atoms with Crippen molar-refractivity contribution in [1.82, 2.24) is 9.47 Å². The number of carbonyl (C=O) groups excluding carboxylic acids is 1. The average Bonchev–Trinajstić information content (AvgIpc) is 3.09. The van der Waals surface area contributed by atoms with Crippen LogP contribution in [0.2, 0.25) is 0 Å². The third-order valence-corrected chi connectivity index (χ3v) is 3.33. The largest absolute Gasteiger partial charge is 0.481 e.